The number of nitrogens with zero attached hydrogens (tertiary/aromatic N) is 1. The first-order valence-corrected chi connectivity index (χ1v) is 6.80. The fourth-order valence-electron chi connectivity index (χ4n) is 2.55. The van der Waals surface area contributed by atoms with E-state index >= 15 is 0 Å². The zero-order valence-electron chi connectivity index (χ0n) is 11.2. The van der Waals surface area contributed by atoms with Crippen LogP contribution in [0.25, 0.3) is 0 Å². The molecule has 0 atom stereocenters. The van der Waals surface area contributed by atoms with Crippen LogP contribution in [0.5, 0.6) is 0 Å². The molecule has 0 aromatic heterocycles. The second-order valence-electron chi connectivity index (χ2n) is 4.94. The topological polar surface area (TPSA) is 15.3 Å². The highest BCUT2D eigenvalue weighted by Crippen LogP contribution is 2.17. The second kappa shape index (κ2) is 6.58. The minimum absolute atomic E-state index is 0.739. The van der Waals surface area contributed by atoms with Gasteiger partial charge in [0.2, 0.25) is 0 Å². The highest BCUT2D eigenvalue weighted by atomic mass is 15.1. The zero-order valence-corrected chi connectivity index (χ0v) is 11.2. The van der Waals surface area contributed by atoms with Gasteiger partial charge in [0.25, 0.3) is 0 Å². The largest absolute Gasteiger partial charge is 0.312 e. The molecule has 1 aromatic rings. The van der Waals surface area contributed by atoms with Gasteiger partial charge in [-0.25, -0.2) is 0 Å². The molecule has 0 fully saturated rings. The third kappa shape index (κ3) is 3.35. The van der Waals surface area contributed by atoms with E-state index in [2.05, 4.69) is 41.3 Å². The van der Waals surface area contributed by atoms with Crippen LogP contribution in [0.4, 0.5) is 0 Å². The number of nitrogens with one attached hydrogen (secondary N) is 1. The molecule has 96 valence electrons. The van der Waals surface area contributed by atoms with Crippen LogP contribution in [-0.4, -0.2) is 24.5 Å². The van der Waals surface area contributed by atoms with E-state index in [1.165, 1.54) is 16.7 Å². The summed E-state index contributed by atoms with van der Waals surface area (Å²) in [5.41, 5.74) is 4.33. The Labute approximate surface area is 110 Å². The van der Waals surface area contributed by atoms with Crippen LogP contribution >= 0.6 is 0 Å². The first-order chi connectivity index (χ1) is 8.83. The Kier molecular flexibility index (Phi) is 4.81. The molecule has 0 amide bonds. The molecule has 1 aliphatic rings. The standard InChI is InChI=1S/C16H22N2/c1-3-9-18(10-4-2)13-14-5-6-15-7-8-17-12-16(15)11-14/h1,5-6,11,17H,4,7-10,12-13H2,2H3. The van der Waals surface area contributed by atoms with Gasteiger partial charge in [-0.1, -0.05) is 31.0 Å². The quantitative estimate of drug-likeness (QED) is 0.796. The summed E-state index contributed by atoms with van der Waals surface area (Å²) in [5, 5.41) is 3.43. The summed E-state index contributed by atoms with van der Waals surface area (Å²) >= 11 is 0. The molecule has 0 radical (unpaired) electrons. The molecule has 0 unspecified atom stereocenters. The van der Waals surface area contributed by atoms with Gasteiger partial charge < -0.3 is 5.32 Å². The van der Waals surface area contributed by atoms with Gasteiger partial charge in [-0.15, -0.1) is 6.42 Å². The van der Waals surface area contributed by atoms with Gasteiger partial charge >= 0.3 is 0 Å². The number of terminal acetylenes is 1. The van der Waals surface area contributed by atoms with Crippen LogP contribution < -0.4 is 5.32 Å². The lowest BCUT2D eigenvalue weighted by atomic mass is 9.98. The van der Waals surface area contributed by atoms with Crippen LogP contribution in [0.3, 0.4) is 0 Å². The fourth-order valence-corrected chi connectivity index (χ4v) is 2.55. The molecule has 1 aromatic carbocycles. The Balaban J connectivity index is 2.06. The Hall–Kier alpha value is -1.30. The monoisotopic (exact) mass is 242 g/mol. The molecule has 1 heterocycles. The number of hydrogen-bond donors (Lipinski definition) is 1. The second-order valence-corrected chi connectivity index (χ2v) is 4.94. The summed E-state index contributed by atoms with van der Waals surface area (Å²) < 4.78 is 0. The Morgan fingerprint density at radius 3 is 3.06 bits per heavy atom. The van der Waals surface area contributed by atoms with E-state index in [0.717, 1.165) is 45.6 Å². The highest BCUT2D eigenvalue weighted by Gasteiger charge is 2.10. The molecule has 2 nitrogen and oxygen atoms in total. The molecule has 0 spiro atoms. The normalized spacial score (nSPS) is 14.3. The summed E-state index contributed by atoms with van der Waals surface area (Å²) in [6.07, 6.45) is 7.72. The zero-order chi connectivity index (χ0) is 12.8. The van der Waals surface area contributed by atoms with Gasteiger partial charge in [0.1, 0.15) is 0 Å². The summed E-state index contributed by atoms with van der Waals surface area (Å²) in [6, 6.07) is 6.87. The maximum Gasteiger partial charge on any atom is 0.0601 e. The van der Waals surface area contributed by atoms with Crippen LogP contribution in [0, 0.1) is 12.3 Å². The third-order valence-electron chi connectivity index (χ3n) is 3.42. The van der Waals surface area contributed by atoms with Gasteiger partial charge in [-0.2, -0.15) is 0 Å². The van der Waals surface area contributed by atoms with Gasteiger partial charge in [-0.3, -0.25) is 4.90 Å². The molecule has 0 bridgehead atoms. The molecular formula is C16H22N2. The van der Waals surface area contributed by atoms with E-state index in [1.807, 2.05) is 0 Å². The lowest BCUT2D eigenvalue weighted by molar-refractivity contribution is 0.299. The highest BCUT2D eigenvalue weighted by molar-refractivity contribution is 5.33. The van der Waals surface area contributed by atoms with E-state index in [-0.39, 0.29) is 0 Å². The molecule has 2 rings (SSSR count). The van der Waals surface area contributed by atoms with Crippen molar-refractivity contribution in [1.29, 1.82) is 0 Å². The van der Waals surface area contributed by atoms with Crippen molar-refractivity contribution in [2.75, 3.05) is 19.6 Å². The molecule has 0 aliphatic carbocycles. The average Bonchev–Trinajstić information content (AvgIpc) is 2.39. The Morgan fingerprint density at radius 2 is 2.28 bits per heavy atom. The van der Waals surface area contributed by atoms with E-state index in [4.69, 9.17) is 6.42 Å². The molecule has 18 heavy (non-hydrogen) atoms. The predicted molar refractivity (Wildman–Crippen MR) is 76.3 cm³/mol. The van der Waals surface area contributed by atoms with Crippen molar-refractivity contribution in [3.05, 3.63) is 34.9 Å². The van der Waals surface area contributed by atoms with Crippen molar-refractivity contribution < 1.29 is 0 Å². The molecule has 0 saturated heterocycles. The number of benzene rings is 1. The SMILES string of the molecule is C#CCN(CCC)Cc1ccc2c(c1)CNCC2. The minimum Gasteiger partial charge on any atom is -0.312 e. The lowest BCUT2D eigenvalue weighted by Crippen LogP contribution is -2.26. The maximum atomic E-state index is 5.42. The van der Waals surface area contributed by atoms with Gasteiger partial charge in [0.15, 0.2) is 0 Å². The lowest BCUT2D eigenvalue weighted by Gasteiger charge is -2.22. The molecule has 1 aliphatic heterocycles. The van der Waals surface area contributed by atoms with Gasteiger partial charge in [0, 0.05) is 13.1 Å². The summed E-state index contributed by atoms with van der Waals surface area (Å²) in [6.45, 7) is 7.08. The molecule has 0 saturated carbocycles. The summed E-state index contributed by atoms with van der Waals surface area (Å²) in [5.74, 6) is 2.75. The van der Waals surface area contributed by atoms with Crippen molar-refractivity contribution in [2.45, 2.75) is 32.9 Å². The Morgan fingerprint density at radius 1 is 1.39 bits per heavy atom. The van der Waals surface area contributed by atoms with Crippen molar-refractivity contribution in [3.63, 3.8) is 0 Å². The number of fused-ring (bicyclic) bond motifs is 1. The van der Waals surface area contributed by atoms with E-state index in [0.29, 0.717) is 0 Å². The number of hydrogen-bond acceptors (Lipinski definition) is 2. The van der Waals surface area contributed by atoms with Crippen LogP contribution in [0.15, 0.2) is 18.2 Å². The van der Waals surface area contributed by atoms with Crippen molar-refractivity contribution >= 4 is 0 Å². The maximum absolute atomic E-state index is 5.42. The van der Waals surface area contributed by atoms with Crippen molar-refractivity contribution in [3.8, 4) is 12.3 Å². The van der Waals surface area contributed by atoms with Gasteiger partial charge in [0.05, 0.1) is 6.54 Å². The van der Waals surface area contributed by atoms with E-state index in [1.54, 1.807) is 0 Å². The average molecular weight is 242 g/mol. The first kappa shape index (κ1) is 13.1. The number of rotatable bonds is 5. The predicted octanol–water partition coefficient (Wildman–Crippen LogP) is 2.18. The summed E-state index contributed by atoms with van der Waals surface area (Å²) in [4.78, 5) is 2.33. The third-order valence-corrected chi connectivity index (χ3v) is 3.42. The smallest absolute Gasteiger partial charge is 0.0601 e. The fraction of sp³-hybridized carbons (Fsp3) is 0.500. The van der Waals surface area contributed by atoms with Crippen LogP contribution in [0.2, 0.25) is 0 Å². The molecule has 1 N–H and O–H groups in total. The first-order valence-electron chi connectivity index (χ1n) is 6.80. The minimum atomic E-state index is 0.739. The summed E-state index contributed by atoms with van der Waals surface area (Å²) in [7, 11) is 0. The molecular weight excluding hydrogens is 220 g/mol. The van der Waals surface area contributed by atoms with Crippen LogP contribution in [0.1, 0.15) is 30.0 Å². The van der Waals surface area contributed by atoms with E-state index in [9.17, 15) is 0 Å². The Bertz CT molecular complexity index is 431. The van der Waals surface area contributed by atoms with Crippen LogP contribution in [-0.2, 0) is 19.5 Å². The van der Waals surface area contributed by atoms with Gasteiger partial charge in [-0.05, 0) is 42.6 Å². The van der Waals surface area contributed by atoms with Crippen molar-refractivity contribution in [1.82, 2.24) is 10.2 Å². The van der Waals surface area contributed by atoms with E-state index < -0.39 is 0 Å². The van der Waals surface area contributed by atoms with Crippen molar-refractivity contribution in [2.24, 2.45) is 0 Å². The molecule has 2 heteroatoms.